The maximum Gasteiger partial charge on any atom is 0.00672 e. The summed E-state index contributed by atoms with van der Waals surface area (Å²) in [6, 6.07) is 7.39. The maximum atomic E-state index is 3.62. The van der Waals surface area contributed by atoms with Gasteiger partial charge in [-0.1, -0.05) is 24.6 Å². The number of hydrogen-bond donors (Lipinski definition) is 1. The van der Waals surface area contributed by atoms with E-state index in [1.807, 2.05) is 0 Å². The zero-order valence-electron chi connectivity index (χ0n) is 9.84. The van der Waals surface area contributed by atoms with Crippen LogP contribution in [-0.2, 0) is 6.42 Å². The molecule has 2 rings (SSSR count). The van der Waals surface area contributed by atoms with Gasteiger partial charge in [-0.05, 0) is 56.3 Å². The van der Waals surface area contributed by atoms with E-state index >= 15 is 0 Å². The Morgan fingerprint density at radius 3 is 2.40 bits per heavy atom. The molecule has 0 saturated heterocycles. The molecule has 1 N–H and O–H groups in total. The van der Waals surface area contributed by atoms with Gasteiger partial charge in [0.05, 0.1) is 0 Å². The van der Waals surface area contributed by atoms with Crippen molar-refractivity contribution in [2.24, 2.45) is 0 Å². The predicted octanol–water partition coefficient (Wildman–Crippen LogP) is 2.99. The molecule has 1 aliphatic carbocycles. The molecule has 0 aromatic heterocycles. The van der Waals surface area contributed by atoms with Crippen molar-refractivity contribution in [2.45, 2.75) is 45.6 Å². The van der Waals surface area contributed by atoms with Gasteiger partial charge in [0.1, 0.15) is 0 Å². The number of aryl methyl sites for hydroxylation is 2. The minimum Gasteiger partial charge on any atom is -0.314 e. The molecule has 0 heterocycles. The molecular weight excluding hydrogens is 182 g/mol. The fraction of sp³-hybridized carbons (Fsp3) is 0.571. The van der Waals surface area contributed by atoms with Gasteiger partial charge in [-0.15, -0.1) is 0 Å². The van der Waals surface area contributed by atoms with Crippen LogP contribution in [0, 0.1) is 13.8 Å². The first-order valence-electron chi connectivity index (χ1n) is 6.06. The molecule has 0 aliphatic heterocycles. The minimum atomic E-state index is 0.814. The molecule has 0 atom stereocenters. The second-order valence-electron chi connectivity index (χ2n) is 4.70. The van der Waals surface area contributed by atoms with Crippen LogP contribution in [0.5, 0.6) is 0 Å². The van der Waals surface area contributed by atoms with Crippen LogP contribution in [-0.4, -0.2) is 12.6 Å². The van der Waals surface area contributed by atoms with Crippen molar-refractivity contribution in [1.29, 1.82) is 0 Å². The van der Waals surface area contributed by atoms with Crippen molar-refractivity contribution in [3.05, 3.63) is 34.9 Å². The van der Waals surface area contributed by atoms with E-state index in [1.54, 1.807) is 0 Å². The van der Waals surface area contributed by atoms with Gasteiger partial charge in [0, 0.05) is 6.04 Å². The highest BCUT2D eigenvalue weighted by molar-refractivity contribution is 5.33. The molecule has 0 unspecified atom stereocenters. The van der Waals surface area contributed by atoms with Crippen LogP contribution in [0.25, 0.3) is 0 Å². The van der Waals surface area contributed by atoms with Crippen LogP contribution in [0.3, 0.4) is 0 Å². The summed E-state index contributed by atoms with van der Waals surface area (Å²) in [5.74, 6) is 0. The Morgan fingerprint density at radius 1 is 1.20 bits per heavy atom. The van der Waals surface area contributed by atoms with E-state index in [4.69, 9.17) is 0 Å². The van der Waals surface area contributed by atoms with Gasteiger partial charge in [0.25, 0.3) is 0 Å². The zero-order chi connectivity index (χ0) is 10.7. The van der Waals surface area contributed by atoms with Crippen molar-refractivity contribution >= 4 is 0 Å². The topological polar surface area (TPSA) is 12.0 Å². The second-order valence-corrected chi connectivity index (χ2v) is 4.70. The van der Waals surface area contributed by atoms with E-state index in [9.17, 15) is 0 Å². The summed E-state index contributed by atoms with van der Waals surface area (Å²) in [7, 11) is 0. The fourth-order valence-electron chi connectivity index (χ4n) is 2.26. The molecular formula is C14H21N. The molecule has 1 nitrogen and oxygen atoms in total. The van der Waals surface area contributed by atoms with Gasteiger partial charge in [-0.2, -0.15) is 0 Å². The third-order valence-electron chi connectivity index (χ3n) is 3.56. The highest BCUT2D eigenvalue weighted by atomic mass is 14.9. The molecule has 0 spiro atoms. The summed E-state index contributed by atoms with van der Waals surface area (Å²) in [5.41, 5.74) is 4.40. The molecule has 0 bridgehead atoms. The molecule has 82 valence electrons. The summed E-state index contributed by atoms with van der Waals surface area (Å²) in [6.45, 7) is 5.56. The van der Waals surface area contributed by atoms with Crippen LogP contribution >= 0.6 is 0 Å². The van der Waals surface area contributed by atoms with Crippen molar-refractivity contribution in [1.82, 2.24) is 5.32 Å². The minimum absolute atomic E-state index is 0.814. The fourth-order valence-corrected chi connectivity index (χ4v) is 2.26. The first kappa shape index (κ1) is 10.7. The lowest BCUT2D eigenvalue weighted by atomic mass is 9.92. The Kier molecular flexibility index (Phi) is 3.42. The van der Waals surface area contributed by atoms with Crippen LogP contribution < -0.4 is 5.32 Å². The van der Waals surface area contributed by atoms with Crippen molar-refractivity contribution in [3.63, 3.8) is 0 Å². The second kappa shape index (κ2) is 4.80. The van der Waals surface area contributed by atoms with Crippen molar-refractivity contribution in [2.75, 3.05) is 6.54 Å². The summed E-state index contributed by atoms with van der Waals surface area (Å²) in [6.07, 6.45) is 5.36. The smallest absolute Gasteiger partial charge is 0.00672 e. The third-order valence-corrected chi connectivity index (χ3v) is 3.56. The largest absolute Gasteiger partial charge is 0.314 e. The van der Waals surface area contributed by atoms with Gasteiger partial charge in [-0.25, -0.2) is 0 Å². The molecule has 0 radical (unpaired) electrons. The Balaban J connectivity index is 1.86. The van der Waals surface area contributed by atoms with Crippen LogP contribution in [0.4, 0.5) is 0 Å². The number of hydrogen-bond acceptors (Lipinski definition) is 1. The summed E-state index contributed by atoms with van der Waals surface area (Å²) < 4.78 is 0. The van der Waals surface area contributed by atoms with E-state index in [0.29, 0.717) is 0 Å². The van der Waals surface area contributed by atoms with Gasteiger partial charge in [-0.3, -0.25) is 0 Å². The average Bonchev–Trinajstić information content (AvgIpc) is 2.13. The molecule has 1 aromatic carbocycles. The monoisotopic (exact) mass is 203 g/mol. The summed E-state index contributed by atoms with van der Waals surface area (Å²) in [5, 5.41) is 3.62. The number of nitrogens with one attached hydrogen (secondary N) is 1. The van der Waals surface area contributed by atoms with E-state index < -0.39 is 0 Å². The molecule has 1 aromatic rings. The molecule has 15 heavy (non-hydrogen) atoms. The van der Waals surface area contributed by atoms with Crippen molar-refractivity contribution < 1.29 is 0 Å². The summed E-state index contributed by atoms with van der Waals surface area (Å²) in [4.78, 5) is 0. The van der Waals surface area contributed by atoms with Gasteiger partial charge in [0.15, 0.2) is 0 Å². The molecule has 1 saturated carbocycles. The van der Waals surface area contributed by atoms with Crippen molar-refractivity contribution in [3.8, 4) is 0 Å². The Hall–Kier alpha value is -0.820. The normalized spacial score (nSPS) is 16.4. The number of benzene rings is 1. The van der Waals surface area contributed by atoms with Crippen LogP contribution in [0.1, 0.15) is 36.0 Å². The lowest BCUT2D eigenvalue weighted by molar-refractivity contribution is 0.342. The maximum absolute atomic E-state index is 3.62. The van der Waals surface area contributed by atoms with Crippen LogP contribution in [0.2, 0.25) is 0 Å². The zero-order valence-corrected chi connectivity index (χ0v) is 9.84. The lowest BCUT2D eigenvalue weighted by Gasteiger charge is -2.26. The Morgan fingerprint density at radius 2 is 1.87 bits per heavy atom. The molecule has 1 heteroatoms. The predicted molar refractivity (Wildman–Crippen MR) is 65.3 cm³/mol. The number of rotatable bonds is 4. The first-order valence-corrected chi connectivity index (χ1v) is 6.06. The van der Waals surface area contributed by atoms with E-state index in [2.05, 4.69) is 37.4 Å². The van der Waals surface area contributed by atoms with Gasteiger partial charge in [0.2, 0.25) is 0 Å². The third kappa shape index (κ3) is 2.60. The highest BCUT2D eigenvalue weighted by Crippen LogP contribution is 2.18. The van der Waals surface area contributed by atoms with Crippen LogP contribution in [0.15, 0.2) is 18.2 Å². The van der Waals surface area contributed by atoms with E-state index in [0.717, 1.165) is 12.6 Å². The molecule has 1 fully saturated rings. The first-order chi connectivity index (χ1) is 7.27. The highest BCUT2D eigenvalue weighted by Gasteiger charge is 2.15. The average molecular weight is 203 g/mol. The Labute approximate surface area is 92.9 Å². The summed E-state index contributed by atoms with van der Waals surface area (Å²) >= 11 is 0. The SMILES string of the molecule is Cc1cccc(C)c1CCNC1CCC1. The molecule has 1 aliphatic rings. The Bertz CT molecular complexity index is 306. The van der Waals surface area contributed by atoms with Gasteiger partial charge >= 0.3 is 0 Å². The standard InChI is InChI=1S/C14H21N/c1-11-5-3-6-12(2)14(11)9-10-15-13-7-4-8-13/h3,5-6,13,15H,4,7-10H2,1-2H3. The van der Waals surface area contributed by atoms with E-state index in [-0.39, 0.29) is 0 Å². The van der Waals surface area contributed by atoms with E-state index in [1.165, 1.54) is 42.4 Å². The van der Waals surface area contributed by atoms with Gasteiger partial charge < -0.3 is 5.32 Å². The lowest BCUT2D eigenvalue weighted by Crippen LogP contribution is -2.36. The quantitative estimate of drug-likeness (QED) is 0.793. The molecule has 0 amide bonds.